The molecule has 1 saturated heterocycles. The van der Waals surface area contributed by atoms with E-state index in [4.69, 9.17) is 4.74 Å². The molecular formula is C19H24N2O3. The van der Waals surface area contributed by atoms with Crippen LogP contribution in [0.2, 0.25) is 0 Å². The summed E-state index contributed by atoms with van der Waals surface area (Å²) in [5.41, 5.74) is 1.85. The summed E-state index contributed by atoms with van der Waals surface area (Å²) >= 11 is 0. The predicted molar refractivity (Wildman–Crippen MR) is 92.0 cm³/mol. The van der Waals surface area contributed by atoms with Crippen molar-refractivity contribution < 1.29 is 14.3 Å². The van der Waals surface area contributed by atoms with E-state index in [-0.39, 0.29) is 24.0 Å². The van der Waals surface area contributed by atoms with Gasteiger partial charge in [-0.2, -0.15) is 0 Å². The number of benzene rings is 1. The normalized spacial score (nSPS) is 25.0. The number of nitrogens with zero attached hydrogens (tertiary/aromatic N) is 2. The number of imide groups is 1. The molecule has 0 aromatic heterocycles. The first-order chi connectivity index (χ1) is 11.5. The van der Waals surface area contributed by atoms with Crippen molar-refractivity contribution in [1.29, 1.82) is 0 Å². The van der Waals surface area contributed by atoms with Gasteiger partial charge in [0.05, 0.1) is 17.8 Å². The van der Waals surface area contributed by atoms with E-state index in [0.29, 0.717) is 30.9 Å². The van der Waals surface area contributed by atoms with Crippen LogP contribution in [0.1, 0.15) is 32.8 Å². The molecule has 5 heteroatoms. The van der Waals surface area contributed by atoms with Crippen molar-refractivity contribution in [2.45, 2.75) is 39.4 Å². The lowest BCUT2D eigenvalue weighted by atomic mass is 10.0. The number of hydrogen-bond donors (Lipinski definition) is 0. The van der Waals surface area contributed by atoms with Crippen LogP contribution in [0.25, 0.3) is 5.57 Å². The van der Waals surface area contributed by atoms with Gasteiger partial charge in [0.2, 0.25) is 0 Å². The lowest BCUT2D eigenvalue weighted by Gasteiger charge is -2.37. The summed E-state index contributed by atoms with van der Waals surface area (Å²) in [4.78, 5) is 29.3. The van der Waals surface area contributed by atoms with Gasteiger partial charge < -0.3 is 9.64 Å². The molecule has 2 atom stereocenters. The lowest BCUT2D eigenvalue weighted by Crippen LogP contribution is -2.47. The fourth-order valence-corrected chi connectivity index (χ4v) is 3.51. The van der Waals surface area contributed by atoms with Crippen molar-refractivity contribution in [3.05, 3.63) is 41.6 Å². The molecule has 0 spiro atoms. The van der Waals surface area contributed by atoms with Gasteiger partial charge in [-0.15, -0.1) is 0 Å². The zero-order chi connectivity index (χ0) is 17.3. The maximum Gasteiger partial charge on any atom is 0.277 e. The Morgan fingerprint density at radius 1 is 1.04 bits per heavy atom. The zero-order valence-corrected chi connectivity index (χ0v) is 14.5. The van der Waals surface area contributed by atoms with Crippen molar-refractivity contribution >= 4 is 17.4 Å². The minimum atomic E-state index is -0.185. The highest BCUT2D eigenvalue weighted by Gasteiger charge is 2.42. The Bertz CT molecular complexity index is 658. The third-order valence-electron chi connectivity index (χ3n) is 4.39. The molecule has 2 aliphatic heterocycles. The molecule has 2 amide bonds. The van der Waals surface area contributed by atoms with Gasteiger partial charge in [-0.3, -0.25) is 14.5 Å². The molecule has 1 fully saturated rings. The second kappa shape index (κ2) is 6.77. The van der Waals surface area contributed by atoms with E-state index in [1.54, 1.807) is 0 Å². The van der Waals surface area contributed by atoms with Gasteiger partial charge in [-0.25, -0.2) is 0 Å². The van der Waals surface area contributed by atoms with Crippen LogP contribution in [0.4, 0.5) is 0 Å². The molecular weight excluding hydrogens is 304 g/mol. The van der Waals surface area contributed by atoms with Crippen molar-refractivity contribution in [3.8, 4) is 0 Å². The quantitative estimate of drug-likeness (QED) is 0.796. The van der Waals surface area contributed by atoms with Gasteiger partial charge in [0.15, 0.2) is 0 Å². The van der Waals surface area contributed by atoms with Gasteiger partial charge >= 0.3 is 0 Å². The van der Waals surface area contributed by atoms with Crippen LogP contribution in [0.5, 0.6) is 0 Å². The molecule has 24 heavy (non-hydrogen) atoms. The first kappa shape index (κ1) is 16.7. The van der Waals surface area contributed by atoms with Gasteiger partial charge in [-0.1, -0.05) is 37.3 Å². The first-order valence-corrected chi connectivity index (χ1v) is 8.59. The molecule has 128 valence electrons. The smallest absolute Gasteiger partial charge is 0.277 e. The fraction of sp³-hybridized carbons (Fsp3) is 0.474. The maximum atomic E-state index is 13.0. The molecule has 0 saturated carbocycles. The molecule has 0 bridgehead atoms. The summed E-state index contributed by atoms with van der Waals surface area (Å²) in [6.45, 7) is 7.66. The number of carbonyl (C=O) groups is 2. The van der Waals surface area contributed by atoms with E-state index in [1.165, 1.54) is 4.90 Å². The minimum absolute atomic E-state index is 0.0291. The average molecular weight is 328 g/mol. The Kier molecular flexibility index (Phi) is 4.71. The summed E-state index contributed by atoms with van der Waals surface area (Å²) in [5, 5.41) is 0. The Morgan fingerprint density at radius 2 is 1.67 bits per heavy atom. The Balaban J connectivity index is 2.06. The van der Waals surface area contributed by atoms with Gasteiger partial charge in [-0.05, 0) is 25.8 Å². The number of ether oxygens (including phenoxy) is 1. The Hall–Kier alpha value is -2.14. The van der Waals surface area contributed by atoms with Crippen molar-refractivity contribution in [3.63, 3.8) is 0 Å². The van der Waals surface area contributed by atoms with Crippen molar-refractivity contribution in [2.75, 3.05) is 19.6 Å². The van der Waals surface area contributed by atoms with E-state index in [0.717, 1.165) is 12.0 Å². The summed E-state index contributed by atoms with van der Waals surface area (Å²) < 4.78 is 5.78. The molecule has 1 aromatic carbocycles. The molecule has 0 N–H and O–H groups in total. The maximum absolute atomic E-state index is 13.0. The highest BCUT2D eigenvalue weighted by molar-refractivity contribution is 6.35. The Labute approximate surface area is 142 Å². The standard InChI is InChI=1S/C19H24N2O3/c1-4-10-21-18(22)16(15-8-6-5-7-9-15)17(19(21)23)20-11-13(2)24-14(3)12-20/h5-9,13-14H,4,10-12H2,1-3H3. The molecule has 0 radical (unpaired) electrons. The number of carbonyl (C=O) groups excluding carboxylic acids is 2. The molecule has 2 aliphatic rings. The summed E-state index contributed by atoms with van der Waals surface area (Å²) in [6, 6.07) is 9.48. The first-order valence-electron chi connectivity index (χ1n) is 8.59. The third kappa shape index (κ3) is 2.96. The van der Waals surface area contributed by atoms with E-state index in [1.807, 2.05) is 56.0 Å². The number of rotatable bonds is 4. The number of morpholine rings is 1. The van der Waals surface area contributed by atoms with Crippen molar-refractivity contribution in [1.82, 2.24) is 9.80 Å². The van der Waals surface area contributed by atoms with Crippen LogP contribution in [0.3, 0.4) is 0 Å². The lowest BCUT2D eigenvalue weighted by molar-refractivity contribution is -0.138. The number of amides is 2. The largest absolute Gasteiger partial charge is 0.372 e. The molecule has 2 heterocycles. The van der Waals surface area contributed by atoms with E-state index in [9.17, 15) is 9.59 Å². The van der Waals surface area contributed by atoms with Gasteiger partial charge in [0.25, 0.3) is 11.8 Å². The van der Waals surface area contributed by atoms with Crippen LogP contribution in [-0.4, -0.2) is 53.5 Å². The summed E-state index contributed by atoms with van der Waals surface area (Å²) in [5.74, 6) is -0.364. The monoisotopic (exact) mass is 328 g/mol. The van der Waals surface area contributed by atoms with E-state index >= 15 is 0 Å². The van der Waals surface area contributed by atoms with Crippen LogP contribution < -0.4 is 0 Å². The van der Waals surface area contributed by atoms with Crippen LogP contribution in [-0.2, 0) is 14.3 Å². The average Bonchev–Trinajstić information content (AvgIpc) is 2.80. The molecule has 1 aromatic rings. The topological polar surface area (TPSA) is 49.9 Å². The molecule has 2 unspecified atom stereocenters. The summed E-state index contributed by atoms with van der Waals surface area (Å²) in [7, 11) is 0. The number of hydrogen-bond acceptors (Lipinski definition) is 4. The third-order valence-corrected chi connectivity index (χ3v) is 4.39. The summed E-state index contributed by atoms with van der Waals surface area (Å²) in [6.07, 6.45) is 0.811. The molecule has 5 nitrogen and oxygen atoms in total. The van der Waals surface area contributed by atoms with E-state index < -0.39 is 0 Å². The predicted octanol–water partition coefficient (Wildman–Crippen LogP) is 2.29. The highest BCUT2D eigenvalue weighted by Crippen LogP contribution is 2.33. The van der Waals surface area contributed by atoms with Crippen LogP contribution >= 0.6 is 0 Å². The van der Waals surface area contributed by atoms with Crippen LogP contribution in [0.15, 0.2) is 36.0 Å². The van der Waals surface area contributed by atoms with Gasteiger partial charge in [0, 0.05) is 19.6 Å². The van der Waals surface area contributed by atoms with Crippen molar-refractivity contribution in [2.24, 2.45) is 0 Å². The fourth-order valence-electron chi connectivity index (χ4n) is 3.51. The van der Waals surface area contributed by atoms with Gasteiger partial charge in [0.1, 0.15) is 5.70 Å². The SMILES string of the molecule is CCCN1C(=O)C(c2ccccc2)=C(N2CC(C)OC(C)C2)C1=O. The zero-order valence-electron chi connectivity index (χ0n) is 14.5. The molecule has 3 rings (SSSR count). The second-order valence-corrected chi connectivity index (χ2v) is 6.51. The van der Waals surface area contributed by atoms with E-state index in [2.05, 4.69) is 0 Å². The molecule has 0 aliphatic carbocycles. The van der Waals surface area contributed by atoms with Crippen LogP contribution in [0, 0.1) is 0 Å². The Morgan fingerprint density at radius 3 is 2.25 bits per heavy atom. The minimum Gasteiger partial charge on any atom is -0.372 e. The highest BCUT2D eigenvalue weighted by atomic mass is 16.5. The second-order valence-electron chi connectivity index (χ2n) is 6.51.